The first-order valence-corrected chi connectivity index (χ1v) is 11.6. The van der Waals surface area contributed by atoms with Crippen molar-refractivity contribution in [1.82, 2.24) is 19.7 Å². The second kappa shape index (κ2) is 10.1. The highest BCUT2D eigenvalue weighted by atomic mass is 16.5. The Morgan fingerprint density at radius 2 is 1.64 bits per heavy atom. The second-order valence-corrected chi connectivity index (χ2v) is 8.26. The molecular weight excluding hydrogens is 418 g/mol. The summed E-state index contributed by atoms with van der Waals surface area (Å²) in [5, 5.41) is 4.78. The molecule has 0 aliphatic carbocycles. The Balaban J connectivity index is 1.79. The number of nitrogens with zero attached hydrogens (tertiary/aromatic N) is 5. The monoisotopic (exact) mass is 451 g/mol. The van der Waals surface area contributed by atoms with E-state index in [1.807, 2.05) is 36.0 Å². The number of hydrogen-bond acceptors (Lipinski definition) is 7. The summed E-state index contributed by atoms with van der Waals surface area (Å²) < 4.78 is 18.3. The number of hydrogen-bond donors (Lipinski definition) is 0. The molecule has 176 valence electrons. The molecule has 1 saturated heterocycles. The van der Waals surface area contributed by atoms with E-state index in [1.165, 1.54) is 19.3 Å². The summed E-state index contributed by atoms with van der Waals surface area (Å²) in [6.07, 6.45) is 9.46. The van der Waals surface area contributed by atoms with E-state index in [0.29, 0.717) is 23.1 Å². The lowest BCUT2D eigenvalue weighted by Crippen LogP contribution is -2.31. The molecule has 1 aromatic carbocycles. The number of benzene rings is 1. The van der Waals surface area contributed by atoms with E-state index in [1.54, 1.807) is 21.3 Å². The molecule has 2 aromatic heterocycles. The number of aromatic nitrogens is 4. The van der Waals surface area contributed by atoms with Gasteiger partial charge in [-0.05, 0) is 49.5 Å². The summed E-state index contributed by atoms with van der Waals surface area (Å²) in [6, 6.07) is 3.82. The van der Waals surface area contributed by atoms with Crippen molar-refractivity contribution in [2.45, 2.75) is 39.0 Å². The molecule has 1 fully saturated rings. The van der Waals surface area contributed by atoms with Crippen LogP contribution in [0.1, 0.15) is 49.7 Å². The zero-order chi connectivity index (χ0) is 23.4. The lowest BCUT2D eigenvalue weighted by atomic mass is 10.1. The fourth-order valence-corrected chi connectivity index (χ4v) is 4.41. The maximum Gasteiger partial charge on any atom is 0.203 e. The molecule has 0 spiro atoms. The van der Waals surface area contributed by atoms with Crippen LogP contribution in [0.25, 0.3) is 23.2 Å². The first kappa shape index (κ1) is 22.9. The summed E-state index contributed by atoms with van der Waals surface area (Å²) in [6.45, 7) is 4.19. The number of fused-ring (bicyclic) bond motifs is 1. The first-order valence-electron chi connectivity index (χ1n) is 11.6. The third kappa shape index (κ3) is 4.60. The molecule has 33 heavy (non-hydrogen) atoms. The van der Waals surface area contributed by atoms with Crippen molar-refractivity contribution < 1.29 is 14.2 Å². The van der Waals surface area contributed by atoms with E-state index in [2.05, 4.69) is 11.8 Å². The fourth-order valence-electron chi connectivity index (χ4n) is 4.41. The Morgan fingerprint density at radius 3 is 2.24 bits per heavy atom. The average molecular weight is 452 g/mol. The van der Waals surface area contributed by atoms with Crippen molar-refractivity contribution in [3.05, 3.63) is 29.2 Å². The summed E-state index contributed by atoms with van der Waals surface area (Å²) in [5.41, 5.74) is 3.90. The van der Waals surface area contributed by atoms with Gasteiger partial charge in [0.1, 0.15) is 11.0 Å². The topological polar surface area (TPSA) is 74.5 Å². The number of piperidine rings is 1. The predicted molar refractivity (Wildman–Crippen MR) is 131 cm³/mol. The molecule has 4 rings (SSSR count). The van der Waals surface area contributed by atoms with Gasteiger partial charge >= 0.3 is 0 Å². The van der Waals surface area contributed by atoms with Crippen molar-refractivity contribution in [2.24, 2.45) is 7.05 Å². The third-order valence-corrected chi connectivity index (χ3v) is 6.00. The van der Waals surface area contributed by atoms with Crippen LogP contribution >= 0.6 is 0 Å². The van der Waals surface area contributed by atoms with Crippen LogP contribution in [0.4, 0.5) is 5.82 Å². The Bertz CT molecular complexity index is 1120. The molecule has 0 bridgehead atoms. The van der Waals surface area contributed by atoms with E-state index in [9.17, 15) is 0 Å². The lowest BCUT2D eigenvalue weighted by molar-refractivity contribution is 0.324. The normalized spacial score (nSPS) is 14.3. The van der Waals surface area contributed by atoms with Crippen molar-refractivity contribution in [3.8, 4) is 17.2 Å². The quantitative estimate of drug-likeness (QED) is 0.499. The summed E-state index contributed by atoms with van der Waals surface area (Å²) in [5.74, 6) is 3.43. The summed E-state index contributed by atoms with van der Waals surface area (Å²) >= 11 is 0. The third-order valence-electron chi connectivity index (χ3n) is 6.00. The van der Waals surface area contributed by atoms with Gasteiger partial charge in [-0.25, -0.2) is 9.97 Å². The second-order valence-electron chi connectivity index (χ2n) is 8.26. The molecule has 0 radical (unpaired) electrons. The van der Waals surface area contributed by atoms with Crippen molar-refractivity contribution in [2.75, 3.05) is 39.3 Å². The van der Waals surface area contributed by atoms with Gasteiger partial charge in [0.25, 0.3) is 0 Å². The molecular formula is C25H33N5O3. The molecule has 1 aliphatic rings. The van der Waals surface area contributed by atoms with Crippen LogP contribution in [0.3, 0.4) is 0 Å². The Kier molecular flexibility index (Phi) is 7.01. The minimum absolute atomic E-state index is 0.571. The van der Waals surface area contributed by atoms with E-state index in [-0.39, 0.29) is 0 Å². The van der Waals surface area contributed by atoms with E-state index >= 15 is 0 Å². The fraction of sp³-hybridized carbons (Fsp3) is 0.480. The molecule has 3 heterocycles. The average Bonchev–Trinajstić information content (AvgIpc) is 3.17. The van der Waals surface area contributed by atoms with Crippen LogP contribution in [0.5, 0.6) is 17.2 Å². The molecule has 0 amide bonds. The molecule has 3 aromatic rings. The van der Waals surface area contributed by atoms with Gasteiger partial charge in [-0.15, -0.1) is 0 Å². The Hall–Kier alpha value is -3.29. The van der Waals surface area contributed by atoms with E-state index in [4.69, 9.17) is 29.3 Å². The largest absolute Gasteiger partial charge is 0.493 e. The van der Waals surface area contributed by atoms with Crippen molar-refractivity contribution >= 4 is 29.0 Å². The van der Waals surface area contributed by atoms with E-state index in [0.717, 1.165) is 54.0 Å². The minimum atomic E-state index is 0.571. The zero-order valence-electron chi connectivity index (χ0n) is 20.2. The van der Waals surface area contributed by atoms with E-state index < -0.39 is 0 Å². The van der Waals surface area contributed by atoms with Crippen LogP contribution in [-0.4, -0.2) is 54.2 Å². The number of methoxy groups -OCH3 is 3. The Morgan fingerprint density at radius 1 is 0.939 bits per heavy atom. The first-order chi connectivity index (χ1) is 16.1. The number of anilines is 1. The van der Waals surface area contributed by atoms with Crippen molar-refractivity contribution in [3.63, 3.8) is 0 Å². The Labute approximate surface area is 195 Å². The highest BCUT2D eigenvalue weighted by molar-refractivity contribution is 5.89. The molecule has 0 unspecified atom stereocenters. The highest BCUT2D eigenvalue weighted by Crippen LogP contribution is 2.38. The van der Waals surface area contributed by atoms with Gasteiger partial charge in [0, 0.05) is 20.1 Å². The van der Waals surface area contributed by atoms with Gasteiger partial charge in [-0.3, -0.25) is 4.68 Å². The van der Waals surface area contributed by atoms with Gasteiger partial charge < -0.3 is 19.1 Å². The molecule has 0 saturated carbocycles. The minimum Gasteiger partial charge on any atom is -0.493 e. The van der Waals surface area contributed by atoms with Gasteiger partial charge in [0.2, 0.25) is 5.75 Å². The predicted octanol–water partition coefficient (Wildman–Crippen LogP) is 4.50. The molecule has 1 aliphatic heterocycles. The number of ether oxygens (including phenoxy) is 3. The molecule has 8 heteroatoms. The number of aryl methyl sites for hydroxylation is 2. The van der Waals surface area contributed by atoms with Gasteiger partial charge in [-0.2, -0.15) is 5.10 Å². The lowest BCUT2D eigenvalue weighted by Gasteiger charge is -2.28. The van der Waals surface area contributed by atoms with Gasteiger partial charge in [0.05, 0.1) is 27.0 Å². The van der Waals surface area contributed by atoms with Gasteiger partial charge in [0.15, 0.2) is 23.1 Å². The van der Waals surface area contributed by atoms with Crippen LogP contribution in [0.2, 0.25) is 0 Å². The zero-order valence-corrected chi connectivity index (χ0v) is 20.2. The smallest absolute Gasteiger partial charge is 0.203 e. The standard InChI is InChI=1S/C25H33N5O3/c1-6-10-18-22-23(29(2)28-18)25(30-13-8-7-9-14-30)27-21(26-22)12-11-17-15-19(31-3)24(33-5)20(16-17)32-4/h11-12,15-16H,6-10,13-14H2,1-5H3/b12-11+. The van der Waals surface area contributed by atoms with Crippen LogP contribution in [-0.2, 0) is 13.5 Å². The molecule has 8 nitrogen and oxygen atoms in total. The number of rotatable bonds is 8. The highest BCUT2D eigenvalue weighted by Gasteiger charge is 2.22. The van der Waals surface area contributed by atoms with Crippen LogP contribution < -0.4 is 19.1 Å². The summed E-state index contributed by atoms with van der Waals surface area (Å²) in [7, 11) is 6.82. The maximum atomic E-state index is 5.49. The van der Waals surface area contributed by atoms with Crippen LogP contribution in [0, 0.1) is 0 Å². The summed E-state index contributed by atoms with van der Waals surface area (Å²) in [4.78, 5) is 12.3. The SMILES string of the molecule is CCCc1nn(C)c2c(N3CCCCC3)nc(/C=C/c3cc(OC)c(OC)c(OC)c3)nc12. The maximum absolute atomic E-state index is 5.49. The molecule has 0 atom stereocenters. The van der Waals surface area contributed by atoms with Crippen LogP contribution in [0.15, 0.2) is 12.1 Å². The van der Waals surface area contributed by atoms with Crippen molar-refractivity contribution in [1.29, 1.82) is 0 Å². The van der Waals surface area contributed by atoms with Gasteiger partial charge in [-0.1, -0.05) is 19.4 Å². The molecule has 0 N–H and O–H groups in total.